The van der Waals surface area contributed by atoms with E-state index in [2.05, 4.69) is 5.32 Å². The SMILES string of the molecule is CCc1ccc(NC(=O)/C(C#N)=C/c2ccc(OC)cc2OS(=O)(=O)c2ccc(C)cc2)cc1. The van der Waals surface area contributed by atoms with E-state index in [1.807, 2.05) is 32.0 Å². The minimum atomic E-state index is -4.16. The van der Waals surface area contributed by atoms with Crippen LogP contribution in [0.4, 0.5) is 5.69 Å². The maximum Gasteiger partial charge on any atom is 0.339 e. The fourth-order valence-electron chi connectivity index (χ4n) is 3.03. The van der Waals surface area contributed by atoms with E-state index in [0.29, 0.717) is 11.4 Å². The van der Waals surface area contributed by atoms with Crippen LogP contribution in [0.3, 0.4) is 0 Å². The zero-order chi connectivity index (χ0) is 24.7. The molecule has 0 unspecified atom stereocenters. The second-order valence-electron chi connectivity index (χ2n) is 7.43. The Morgan fingerprint density at radius 3 is 2.32 bits per heavy atom. The number of nitrogens with one attached hydrogen (secondary N) is 1. The molecular formula is C26H24N2O5S. The zero-order valence-electron chi connectivity index (χ0n) is 19.0. The number of anilines is 1. The first-order chi connectivity index (χ1) is 16.2. The Bertz CT molecular complexity index is 1350. The third kappa shape index (κ3) is 6.03. The average molecular weight is 477 g/mol. The van der Waals surface area contributed by atoms with Gasteiger partial charge in [0.05, 0.1) is 7.11 Å². The number of nitriles is 1. The molecule has 3 aromatic rings. The van der Waals surface area contributed by atoms with Gasteiger partial charge in [0.15, 0.2) is 5.75 Å². The standard InChI is InChI=1S/C26H24N2O5S/c1-4-19-7-10-22(11-8-19)28-26(29)21(17-27)15-20-9-12-23(32-3)16-25(20)33-34(30,31)24-13-5-18(2)6-14-24/h5-16H,4H2,1-3H3,(H,28,29)/b21-15+. The Morgan fingerprint density at radius 2 is 1.74 bits per heavy atom. The van der Waals surface area contributed by atoms with Crippen LogP contribution < -0.4 is 14.2 Å². The van der Waals surface area contributed by atoms with E-state index in [9.17, 15) is 18.5 Å². The van der Waals surface area contributed by atoms with Crippen LogP contribution in [0, 0.1) is 18.3 Å². The topological polar surface area (TPSA) is 105 Å². The molecule has 0 fully saturated rings. The summed E-state index contributed by atoms with van der Waals surface area (Å²) < 4.78 is 36.2. The largest absolute Gasteiger partial charge is 0.497 e. The number of benzene rings is 3. The van der Waals surface area contributed by atoms with Gasteiger partial charge in [-0.05, 0) is 61.4 Å². The van der Waals surface area contributed by atoms with Crippen LogP contribution in [0.2, 0.25) is 0 Å². The van der Waals surface area contributed by atoms with Gasteiger partial charge in [-0.3, -0.25) is 4.79 Å². The summed E-state index contributed by atoms with van der Waals surface area (Å²) >= 11 is 0. The summed E-state index contributed by atoms with van der Waals surface area (Å²) in [5, 5.41) is 12.3. The molecule has 0 saturated heterocycles. The molecular weight excluding hydrogens is 452 g/mol. The van der Waals surface area contributed by atoms with E-state index < -0.39 is 16.0 Å². The first-order valence-corrected chi connectivity index (χ1v) is 11.9. The molecule has 0 saturated carbocycles. The molecule has 3 aromatic carbocycles. The monoisotopic (exact) mass is 476 g/mol. The molecule has 7 nitrogen and oxygen atoms in total. The molecule has 0 heterocycles. The van der Waals surface area contributed by atoms with Crippen LogP contribution in [-0.4, -0.2) is 21.4 Å². The Kier molecular flexibility index (Phi) is 7.71. The third-order valence-electron chi connectivity index (χ3n) is 5.01. The second-order valence-corrected chi connectivity index (χ2v) is 8.98. The Balaban J connectivity index is 1.93. The van der Waals surface area contributed by atoms with Crippen LogP contribution in [0.5, 0.6) is 11.5 Å². The van der Waals surface area contributed by atoms with E-state index in [-0.39, 0.29) is 21.8 Å². The summed E-state index contributed by atoms with van der Waals surface area (Å²) in [6.45, 7) is 3.87. The van der Waals surface area contributed by atoms with Crippen molar-refractivity contribution in [3.63, 3.8) is 0 Å². The maximum atomic E-state index is 12.8. The lowest BCUT2D eigenvalue weighted by molar-refractivity contribution is -0.112. The Morgan fingerprint density at radius 1 is 1.06 bits per heavy atom. The number of ether oxygens (including phenoxy) is 1. The molecule has 0 bridgehead atoms. The molecule has 174 valence electrons. The van der Waals surface area contributed by atoms with E-state index >= 15 is 0 Å². The molecule has 1 N–H and O–H groups in total. The highest BCUT2D eigenvalue weighted by molar-refractivity contribution is 7.87. The number of hydrogen-bond acceptors (Lipinski definition) is 6. The van der Waals surface area contributed by atoms with Crippen molar-refractivity contribution >= 4 is 27.8 Å². The van der Waals surface area contributed by atoms with Crippen LogP contribution in [0.1, 0.15) is 23.6 Å². The molecule has 0 aliphatic rings. The second kappa shape index (κ2) is 10.7. The van der Waals surface area contributed by atoms with Gasteiger partial charge >= 0.3 is 10.1 Å². The highest BCUT2D eigenvalue weighted by Crippen LogP contribution is 2.30. The van der Waals surface area contributed by atoms with Gasteiger partial charge in [-0.1, -0.05) is 36.8 Å². The van der Waals surface area contributed by atoms with Crippen molar-refractivity contribution in [1.82, 2.24) is 0 Å². The summed E-state index contributed by atoms with van der Waals surface area (Å²) in [5.74, 6) is -0.354. The first-order valence-electron chi connectivity index (χ1n) is 10.5. The predicted octanol–water partition coefficient (Wildman–Crippen LogP) is 4.88. The molecule has 8 heteroatoms. The molecule has 34 heavy (non-hydrogen) atoms. The van der Waals surface area contributed by atoms with E-state index in [1.54, 1.807) is 30.3 Å². The Labute approximate surface area is 199 Å². The molecule has 0 spiro atoms. The van der Waals surface area contributed by atoms with Gasteiger partial charge in [0.25, 0.3) is 5.91 Å². The number of nitrogens with zero attached hydrogens (tertiary/aromatic N) is 1. The predicted molar refractivity (Wildman–Crippen MR) is 130 cm³/mol. The van der Waals surface area contributed by atoms with Crippen LogP contribution in [0.25, 0.3) is 6.08 Å². The quantitative estimate of drug-likeness (QED) is 0.282. The summed E-state index contributed by atoms with van der Waals surface area (Å²) in [7, 11) is -2.73. The third-order valence-corrected chi connectivity index (χ3v) is 6.26. The molecule has 3 rings (SSSR count). The fraction of sp³-hybridized carbons (Fsp3) is 0.154. The highest BCUT2D eigenvalue weighted by Gasteiger charge is 2.20. The lowest BCUT2D eigenvalue weighted by Crippen LogP contribution is -2.14. The van der Waals surface area contributed by atoms with Gasteiger partial charge in [0.1, 0.15) is 22.3 Å². The number of amides is 1. The van der Waals surface area contributed by atoms with Gasteiger partial charge in [0, 0.05) is 17.3 Å². The molecule has 0 atom stereocenters. The van der Waals surface area contributed by atoms with E-state index in [4.69, 9.17) is 8.92 Å². The van der Waals surface area contributed by atoms with Crippen molar-refractivity contribution in [2.75, 3.05) is 12.4 Å². The van der Waals surface area contributed by atoms with Crippen molar-refractivity contribution in [2.24, 2.45) is 0 Å². The van der Waals surface area contributed by atoms with Gasteiger partial charge in [0.2, 0.25) is 0 Å². The van der Waals surface area contributed by atoms with Crippen LogP contribution in [0.15, 0.2) is 77.2 Å². The number of rotatable bonds is 8. The van der Waals surface area contributed by atoms with Crippen molar-refractivity contribution in [3.8, 4) is 17.6 Å². The number of carbonyl (C=O) groups excluding carboxylic acids is 1. The Hall–Kier alpha value is -4.09. The number of hydrogen-bond donors (Lipinski definition) is 1. The first kappa shape index (κ1) is 24.6. The molecule has 0 aliphatic carbocycles. The normalized spacial score (nSPS) is 11.4. The van der Waals surface area contributed by atoms with Crippen molar-refractivity contribution in [3.05, 3.63) is 89.0 Å². The number of aryl methyl sites for hydroxylation is 2. The smallest absolute Gasteiger partial charge is 0.339 e. The van der Waals surface area contributed by atoms with Gasteiger partial charge in [-0.2, -0.15) is 13.7 Å². The van der Waals surface area contributed by atoms with Gasteiger partial charge in [-0.25, -0.2) is 0 Å². The molecule has 0 aromatic heterocycles. The fourth-order valence-corrected chi connectivity index (χ4v) is 3.98. The highest BCUT2D eigenvalue weighted by atomic mass is 32.2. The molecule has 0 aliphatic heterocycles. The average Bonchev–Trinajstić information content (AvgIpc) is 2.83. The van der Waals surface area contributed by atoms with E-state index in [1.165, 1.54) is 37.5 Å². The van der Waals surface area contributed by atoms with Crippen molar-refractivity contribution < 1.29 is 22.1 Å². The summed E-state index contributed by atoms with van der Waals surface area (Å²) in [4.78, 5) is 12.7. The minimum absolute atomic E-state index is 0.0235. The molecule has 1 amide bonds. The van der Waals surface area contributed by atoms with Gasteiger partial charge in [-0.15, -0.1) is 0 Å². The number of carbonyl (C=O) groups is 1. The summed E-state index contributed by atoms with van der Waals surface area (Å²) in [6.07, 6.45) is 2.14. The van der Waals surface area contributed by atoms with Gasteiger partial charge < -0.3 is 14.2 Å². The lowest BCUT2D eigenvalue weighted by Gasteiger charge is -2.12. The van der Waals surface area contributed by atoms with E-state index in [0.717, 1.165) is 17.5 Å². The maximum absolute atomic E-state index is 12.8. The van der Waals surface area contributed by atoms with Crippen LogP contribution >= 0.6 is 0 Å². The van der Waals surface area contributed by atoms with Crippen molar-refractivity contribution in [2.45, 2.75) is 25.2 Å². The van der Waals surface area contributed by atoms with Crippen molar-refractivity contribution in [1.29, 1.82) is 5.26 Å². The number of methoxy groups -OCH3 is 1. The van der Waals surface area contributed by atoms with Crippen LogP contribution in [-0.2, 0) is 21.3 Å². The minimum Gasteiger partial charge on any atom is -0.497 e. The summed E-state index contributed by atoms with van der Waals surface area (Å²) in [5.41, 5.74) is 2.56. The molecule has 0 radical (unpaired) electrons. The zero-order valence-corrected chi connectivity index (χ0v) is 19.8. The summed E-state index contributed by atoms with van der Waals surface area (Å²) in [6, 6.07) is 19.8. The lowest BCUT2D eigenvalue weighted by atomic mass is 10.1.